The van der Waals surface area contributed by atoms with Crippen molar-refractivity contribution >= 4 is 28.2 Å². The Bertz CT molecular complexity index is 904. The SMILES string of the molecule is CCOc1ccc(NC(=O)Nc2nc(-c3ccc(C)c(C)c3)cs2)cc1. The van der Waals surface area contributed by atoms with Crippen LogP contribution in [0.1, 0.15) is 18.1 Å². The van der Waals surface area contributed by atoms with Crippen molar-refractivity contribution in [2.24, 2.45) is 0 Å². The van der Waals surface area contributed by atoms with Gasteiger partial charge in [-0.3, -0.25) is 5.32 Å². The number of thiazole rings is 1. The molecular weight excluding hydrogens is 346 g/mol. The first-order valence-electron chi connectivity index (χ1n) is 8.39. The Hall–Kier alpha value is -2.86. The fourth-order valence-corrected chi connectivity index (χ4v) is 3.14. The Morgan fingerprint density at radius 1 is 1.08 bits per heavy atom. The lowest BCUT2D eigenvalue weighted by Gasteiger charge is -2.07. The van der Waals surface area contributed by atoms with Gasteiger partial charge in [0.05, 0.1) is 12.3 Å². The fraction of sp³-hybridized carbons (Fsp3) is 0.200. The average molecular weight is 367 g/mol. The molecule has 0 spiro atoms. The van der Waals surface area contributed by atoms with Gasteiger partial charge in [-0.15, -0.1) is 11.3 Å². The van der Waals surface area contributed by atoms with Crippen molar-refractivity contribution in [3.63, 3.8) is 0 Å². The molecule has 1 heterocycles. The van der Waals surface area contributed by atoms with Crippen LogP contribution in [0.3, 0.4) is 0 Å². The highest BCUT2D eigenvalue weighted by molar-refractivity contribution is 7.14. The lowest BCUT2D eigenvalue weighted by molar-refractivity contribution is 0.262. The number of carbonyl (C=O) groups excluding carboxylic acids is 1. The summed E-state index contributed by atoms with van der Waals surface area (Å²) >= 11 is 1.40. The van der Waals surface area contributed by atoms with E-state index in [1.165, 1.54) is 22.5 Å². The second kappa shape index (κ2) is 8.01. The van der Waals surface area contributed by atoms with Gasteiger partial charge in [0.2, 0.25) is 0 Å². The molecule has 2 aromatic carbocycles. The molecule has 6 heteroatoms. The molecule has 0 aliphatic heterocycles. The number of hydrogen-bond donors (Lipinski definition) is 2. The predicted molar refractivity (Wildman–Crippen MR) is 107 cm³/mol. The Labute approximate surface area is 157 Å². The van der Waals surface area contributed by atoms with E-state index in [1.807, 2.05) is 30.5 Å². The average Bonchev–Trinajstić information content (AvgIpc) is 3.07. The Balaban J connectivity index is 1.63. The molecule has 0 saturated heterocycles. The number of anilines is 2. The summed E-state index contributed by atoms with van der Waals surface area (Å²) in [6, 6.07) is 13.1. The maximum Gasteiger partial charge on any atom is 0.325 e. The third kappa shape index (κ3) is 4.40. The zero-order valence-corrected chi connectivity index (χ0v) is 15.8. The summed E-state index contributed by atoms with van der Waals surface area (Å²) in [7, 11) is 0. The first-order chi connectivity index (χ1) is 12.5. The number of ether oxygens (including phenoxy) is 1. The van der Waals surface area contributed by atoms with Crippen LogP contribution in [0.5, 0.6) is 5.75 Å². The Morgan fingerprint density at radius 3 is 2.54 bits per heavy atom. The van der Waals surface area contributed by atoms with E-state index in [9.17, 15) is 4.79 Å². The summed E-state index contributed by atoms with van der Waals surface area (Å²) in [6.07, 6.45) is 0. The minimum absolute atomic E-state index is 0.324. The van der Waals surface area contributed by atoms with Crippen LogP contribution in [-0.2, 0) is 0 Å². The van der Waals surface area contributed by atoms with Gasteiger partial charge in [-0.25, -0.2) is 9.78 Å². The van der Waals surface area contributed by atoms with E-state index in [2.05, 4.69) is 41.6 Å². The normalized spacial score (nSPS) is 10.4. The number of carbonyl (C=O) groups is 1. The van der Waals surface area contributed by atoms with Gasteiger partial charge >= 0.3 is 6.03 Å². The van der Waals surface area contributed by atoms with E-state index < -0.39 is 0 Å². The summed E-state index contributed by atoms with van der Waals surface area (Å²) in [5.41, 5.74) is 5.06. The number of benzene rings is 2. The largest absolute Gasteiger partial charge is 0.494 e. The van der Waals surface area contributed by atoms with Crippen LogP contribution in [0.15, 0.2) is 47.8 Å². The summed E-state index contributed by atoms with van der Waals surface area (Å²) in [5, 5.41) is 8.06. The molecule has 0 atom stereocenters. The van der Waals surface area contributed by atoms with Crippen molar-refractivity contribution in [1.82, 2.24) is 4.98 Å². The van der Waals surface area contributed by atoms with E-state index >= 15 is 0 Å². The van der Waals surface area contributed by atoms with Crippen LogP contribution in [0, 0.1) is 13.8 Å². The topological polar surface area (TPSA) is 63.2 Å². The minimum atomic E-state index is -0.324. The number of nitrogens with one attached hydrogen (secondary N) is 2. The van der Waals surface area contributed by atoms with Crippen molar-refractivity contribution in [3.05, 3.63) is 59.0 Å². The summed E-state index contributed by atoms with van der Waals surface area (Å²) in [5.74, 6) is 0.774. The third-order valence-corrected chi connectivity index (χ3v) is 4.71. The molecule has 0 bridgehead atoms. The van der Waals surface area contributed by atoms with Gasteiger partial charge in [0.15, 0.2) is 5.13 Å². The Kier molecular flexibility index (Phi) is 5.53. The van der Waals surface area contributed by atoms with Gasteiger partial charge in [0.25, 0.3) is 0 Å². The molecule has 5 nitrogen and oxygen atoms in total. The van der Waals surface area contributed by atoms with E-state index in [4.69, 9.17) is 4.74 Å². The monoisotopic (exact) mass is 367 g/mol. The molecule has 2 N–H and O–H groups in total. The van der Waals surface area contributed by atoms with Crippen LogP contribution in [0.4, 0.5) is 15.6 Å². The van der Waals surface area contributed by atoms with Crippen molar-refractivity contribution in [2.75, 3.05) is 17.2 Å². The van der Waals surface area contributed by atoms with Crippen molar-refractivity contribution in [1.29, 1.82) is 0 Å². The third-order valence-electron chi connectivity index (χ3n) is 3.95. The first kappa shape index (κ1) is 17.9. The van der Waals surface area contributed by atoms with E-state index in [0.29, 0.717) is 17.4 Å². The molecule has 3 rings (SSSR count). The molecule has 26 heavy (non-hydrogen) atoms. The maximum atomic E-state index is 12.2. The number of amides is 2. The molecule has 3 aromatic rings. The molecule has 2 amide bonds. The predicted octanol–water partition coefficient (Wildman–Crippen LogP) is 5.47. The highest BCUT2D eigenvalue weighted by Crippen LogP contribution is 2.26. The molecule has 0 fully saturated rings. The number of rotatable bonds is 5. The molecule has 134 valence electrons. The minimum Gasteiger partial charge on any atom is -0.494 e. The molecule has 0 aliphatic rings. The van der Waals surface area contributed by atoms with E-state index in [0.717, 1.165) is 17.0 Å². The number of urea groups is 1. The lowest BCUT2D eigenvalue weighted by Crippen LogP contribution is -2.19. The number of aryl methyl sites for hydroxylation is 2. The number of hydrogen-bond acceptors (Lipinski definition) is 4. The van der Waals surface area contributed by atoms with Gasteiger partial charge in [-0.2, -0.15) is 0 Å². The molecule has 0 aliphatic carbocycles. The maximum absolute atomic E-state index is 12.2. The zero-order chi connectivity index (χ0) is 18.5. The van der Waals surface area contributed by atoms with Crippen LogP contribution in [0.25, 0.3) is 11.3 Å². The van der Waals surface area contributed by atoms with Crippen LogP contribution >= 0.6 is 11.3 Å². The van der Waals surface area contributed by atoms with Gasteiger partial charge in [0, 0.05) is 16.6 Å². The quantitative estimate of drug-likeness (QED) is 0.628. The van der Waals surface area contributed by atoms with Gasteiger partial charge in [0.1, 0.15) is 5.75 Å². The lowest BCUT2D eigenvalue weighted by atomic mass is 10.1. The van der Waals surface area contributed by atoms with Crippen LogP contribution < -0.4 is 15.4 Å². The molecule has 0 saturated carbocycles. The van der Waals surface area contributed by atoms with Gasteiger partial charge < -0.3 is 10.1 Å². The molecule has 1 aromatic heterocycles. The van der Waals surface area contributed by atoms with Crippen molar-refractivity contribution in [2.45, 2.75) is 20.8 Å². The summed E-state index contributed by atoms with van der Waals surface area (Å²) in [4.78, 5) is 16.6. The van der Waals surface area contributed by atoms with Crippen LogP contribution in [-0.4, -0.2) is 17.6 Å². The van der Waals surface area contributed by atoms with Gasteiger partial charge in [-0.1, -0.05) is 12.1 Å². The second-order valence-corrected chi connectivity index (χ2v) is 6.73. The first-order valence-corrected chi connectivity index (χ1v) is 9.27. The number of aromatic nitrogens is 1. The van der Waals surface area contributed by atoms with Gasteiger partial charge in [-0.05, 0) is 62.2 Å². The molecular formula is C20H21N3O2S. The van der Waals surface area contributed by atoms with E-state index in [1.54, 1.807) is 12.1 Å². The summed E-state index contributed by atoms with van der Waals surface area (Å²) in [6.45, 7) is 6.70. The fourth-order valence-electron chi connectivity index (χ4n) is 2.43. The van der Waals surface area contributed by atoms with Crippen LogP contribution in [0.2, 0.25) is 0 Å². The Morgan fingerprint density at radius 2 is 1.85 bits per heavy atom. The number of nitrogens with zero attached hydrogens (tertiary/aromatic N) is 1. The molecule has 0 radical (unpaired) electrons. The van der Waals surface area contributed by atoms with Crippen molar-refractivity contribution in [3.8, 4) is 17.0 Å². The highest BCUT2D eigenvalue weighted by atomic mass is 32.1. The standard InChI is InChI=1S/C20H21N3O2S/c1-4-25-17-9-7-16(8-10-17)21-19(24)23-20-22-18(12-26-20)15-6-5-13(2)14(3)11-15/h5-12H,4H2,1-3H3,(H2,21,22,23,24). The second-order valence-electron chi connectivity index (χ2n) is 5.87. The van der Waals surface area contributed by atoms with E-state index in [-0.39, 0.29) is 6.03 Å². The molecule has 0 unspecified atom stereocenters. The zero-order valence-electron chi connectivity index (χ0n) is 15.0. The van der Waals surface area contributed by atoms with Crippen molar-refractivity contribution < 1.29 is 9.53 Å². The smallest absolute Gasteiger partial charge is 0.325 e. The summed E-state index contributed by atoms with van der Waals surface area (Å²) < 4.78 is 5.39. The highest BCUT2D eigenvalue weighted by Gasteiger charge is 2.09.